The van der Waals surface area contributed by atoms with Crippen molar-refractivity contribution in [1.29, 1.82) is 0 Å². The molecule has 154 valence electrons. The van der Waals surface area contributed by atoms with E-state index in [9.17, 15) is 18.0 Å². The molecule has 1 heterocycles. The van der Waals surface area contributed by atoms with Crippen LogP contribution in [0.15, 0.2) is 29.2 Å². The number of sulfonamides is 1. The summed E-state index contributed by atoms with van der Waals surface area (Å²) in [5.41, 5.74) is 5.24. The number of rotatable bonds is 5. The van der Waals surface area contributed by atoms with E-state index in [-0.39, 0.29) is 27.3 Å². The number of carbonyl (C=O) groups is 2. The highest BCUT2D eigenvalue weighted by atomic mass is 32.2. The van der Waals surface area contributed by atoms with Gasteiger partial charge < -0.3 is 10.5 Å². The molecule has 1 amide bonds. The lowest BCUT2D eigenvalue weighted by Gasteiger charge is -2.39. The van der Waals surface area contributed by atoms with E-state index in [0.29, 0.717) is 6.54 Å². The van der Waals surface area contributed by atoms with E-state index in [2.05, 4.69) is 20.8 Å². The smallest absolute Gasteiger partial charge is 0.338 e. The number of esters is 1. The molecule has 2 fully saturated rings. The number of nitrogens with zero attached hydrogens (tertiary/aromatic N) is 1. The van der Waals surface area contributed by atoms with Gasteiger partial charge in [0.1, 0.15) is 0 Å². The Hall–Kier alpha value is -1.93. The summed E-state index contributed by atoms with van der Waals surface area (Å²) in [4.78, 5) is 23.4. The molecular weight excluding hydrogens is 380 g/mol. The first kappa shape index (κ1) is 20.8. The lowest BCUT2D eigenvalue weighted by atomic mass is 9.65. The van der Waals surface area contributed by atoms with Gasteiger partial charge in [-0.2, -0.15) is 4.31 Å². The number of carbonyl (C=O) groups excluding carboxylic acids is 2. The second-order valence-electron chi connectivity index (χ2n) is 9.24. The maximum Gasteiger partial charge on any atom is 0.338 e. The molecule has 3 rings (SSSR count). The molecule has 8 heteroatoms. The zero-order valence-electron chi connectivity index (χ0n) is 16.8. The van der Waals surface area contributed by atoms with Crippen LogP contribution < -0.4 is 5.73 Å². The Kier molecular flexibility index (Phi) is 5.08. The minimum atomic E-state index is -3.75. The number of primary amides is 1. The average molecular weight is 409 g/mol. The number of nitrogens with two attached hydrogens (primary N) is 1. The van der Waals surface area contributed by atoms with Gasteiger partial charge in [0, 0.05) is 12.6 Å². The minimum Gasteiger partial charge on any atom is -0.449 e. The Bertz CT molecular complexity index is 911. The highest BCUT2D eigenvalue weighted by Crippen LogP contribution is 2.53. The molecule has 1 aliphatic heterocycles. The third-order valence-electron chi connectivity index (χ3n) is 5.73. The summed E-state index contributed by atoms with van der Waals surface area (Å²) in [5, 5.41) is 0. The molecule has 1 aromatic carbocycles. The fourth-order valence-corrected chi connectivity index (χ4v) is 6.72. The zero-order valence-corrected chi connectivity index (χ0v) is 17.6. The molecule has 3 atom stereocenters. The van der Waals surface area contributed by atoms with Crippen molar-refractivity contribution in [2.24, 2.45) is 16.6 Å². The van der Waals surface area contributed by atoms with Crippen LogP contribution in [-0.4, -0.2) is 43.3 Å². The molecule has 1 aromatic rings. The minimum absolute atomic E-state index is 0.0348. The second-order valence-corrected chi connectivity index (χ2v) is 11.1. The number of ether oxygens (including phenoxy) is 1. The van der Waals surface area contributed by atoms with Crippen LogP contribution in [0.4, 0.5) is 0 Å². The highest BCUT2D eigenvalue weighted by molar-refractivity contribution is 7.89. The fraction of sp³-hybridized carbons (Fsp3) is 0.600. The first-order valence-electron chi connectivity index (χ1n) is 9.45. The number of benzene rings is 1. The largest absolute Gasteiger partial charge is 0.449 e. The van der Waals surface area contributed by atoms with Crippen molar-refractivity contribution in [1.82, 2.24) is 4.31 Å². The second kappa shape index (κ2) is 6.84. The first-order valence-corrected chi connectivity index (χ1v) is 10.9. The van der Waals surface area contributed by atoms with E-state index in [4.69, 9.17) is 10.5 Å². The van der Waals surface area contributed by atoms with Gasteiger partial charge in [-0.1, -0.05) is 26.8 Å². The Labute approximate surface area is 166 Å². The van der Waals surface area contributed by atoms with Gasteiger partial charge in [-0.25, -0.2) is 13.2 Å². The third kappa shape index (κ3) is 3.93. The number of hydrogen-bond acceptors (Lipinski definition) is 5. The molecule has 0 spiro atoms. The topological polar surface area (TPSA) is 107 Å². The number of hydrogen-bond donors (Lipinski definition) is 1. The molecule has 1 aliphatic carbocycles. The Morgan fingerprint density at radius 2 is 1.93 bits per heavy atom. The molecule has 2 bridgehead atoms. The van der Waals surface area contributed by atoms with Crippen LogP contribution in [-0.2, 0) is 19.6 Å². The van der Waals surface area contributed by atoms with Crippen LogP contribution in [0.25, 0.3) is 0 Å². The normalized spacial score (nSPS) is 27.9. The van der Waals surface area contributed by atoms with Crippen molar-refractivity contribution in [3.8, 4) is 0 Å². The molecule has 1 saturated carbocycles. The molecule has 0 unspecified atom stereocenters. The van der Waals surface area contributed by atoms with Crippen LogP contribution in [0.2, 0.25) is 0 Å². The van der Waals surface area contributed by atoms with E-state index >= 15 is 0 Å². The molecule has 7 nitrogen and oxygen atoms in total. The van der Waals surface area contributed by atoms with Crippen LogP contribution in [0.3, 0.4) is 0 Å². The fourth-order valence-electron chi connectivity index (χ4n) is 4.89. The maximum atomic E-state index is 13.3. The molecular formula is C20H28N2O5S. The van der Waals surface area contributed by atoms with E-state index in [1.807, 2.05) is 0 Å². The van der Waals surface area contributed by atoms with Crippen LogP contribution in [0, 0.1) is 10.8 Å². The van der Waals surface area contributed by atoms with Crippen LogP contribution in [0.1, 0.15) is 57.3 Å². The molecule has 0 aromatic heterocycles. The van der Waals surface area contributed by atoms with Gasteiger partial charge in [-0.05, 0) is 55.2 Å². The van der Waals surface area contributed by atoms with Crippen molar-refractivity contribution in [2.45, 2.75) is 64.0 Å². The Morgan fingerprint density at radius 3 is 2.57 bits per heavy atom. The summed E-state index contributed by atoms with van der Waals surface area (Å²) >= 11 is 0. The summed E-state index contributed by atoms with van der Waals surface area (Å²) < 4.78 is 33.2. The molecule has 2 N–H and O–H groups in total. The molecule has 1 saturated heterocycles. The quantitative estimate of drug-likeness (QED) is 0.753. The molecule has 28 heavy (non-hydrogen) atoms. The van der Waals surface area contributed by atoms with Crippen molar-refractivity contribution in [2.75, 3.05) is 6.54 Å². The molecule has 0 radical (unpaired) electrons. The lowest BCUT2D eigenvalue weighted by molar-refractivity contribution is -0.125. The highest BCUT2D eigenvalue weighted by Gasteiger charge is 2.53. The van der Waals surface area contributed by atoms with Gasteiger partial charge in [0.05, 0.1) is 10.5 Å². The number of fused-ring (bicyclic) bond motifs is 2. The van der Waals surface area contributed by atoms with Crippen LogP contribution >= 0.6 is 0 Å². The summed E-state index contributed by atoms with van der Waals surface area (Å²) in [6, 6.07) is 5.72. The SMILES string of the molecule is C[C@H](OC(=O)c1cccc(S(=O)(=O)N2C[C@@]3(C)C[C@H]2CC(C)(C)C3)c1)C(N)=O. The van der Waals surface area contributed by atoms with E-state index in [1.54, 1.807) is 4.31 Å². The van der Waals surface area contributed by atoms with E-state index in [0.717, 1.165) is 19.3 Å². The summed E-state index contributed by atoms with van der Waals surface area (Å²) in [6.45, 7) is 8.37. The van der Waals surface area contributed by atoms with Crippen molar-refractivity contribution in [3.63, 3.8) is 0 Å². The maximum absolute atomic E-state index is 13.3. The van der Waals surface area contributed by atoms with Crippen molar-refractivity contribution < 1.29 is 22.7 Å². The Balaban J connectivity index is 1.87. The summed E-state index contributed by atoms with van der Waals surface area (Å²) in [5.74, 6) is -1.55. The predicted octanol–water partition coefficient (Wildman–Crippen LogP) is 2.31. The Morgan fingerprint density at radius 1 is 1.25 bits per heavy atom. The number of amides is 1. The van der Waals surface area contributed by atoms with Gasteiger partial charge in [0.15, 0.2) is 6.10 Å². The predicted molar refractivity (Wildman–Crippen MR) is 104 cm³/mol. The average Bonchev–Trinajstić information content (AvgIpc) is 2.84. The monoisotopic (exact) mass is 408 g/mol. The summed E-state index contributed by atoms with van der Waals surface area (Å²) in [7, 11) is -3.75. The summed E-state index contributed by atoms with van der Waals surface area (Å²) in [6.07, 6.45) is 1.57. The van der Waals surface area contributed by atoms with Crippen molar-refractivity contribution in [3.05, 3.63) is 29.8 Å². The first-order chi connectivity index (χ1) is 12.8. The van der Waals surface area contributed by atoms with Gasteiger partial charge in [0.2, 0.25) is 10.0 Å². The zero-order chi connectivity index (χ0) is 20.9. The van der Waals surface area contributed by atoms with Gasteiger partial charge in [-0.3, -0.25) is 4.79 Å². The standard InChI is InChI=1S/C20H28N2O5S/c1-13(17(21)23)27-18(24)14-6-5-7-16(8-14)28(25,26)22-12-20(4)10-15(22)9-19(2,3)11-20/h5-8,13,15H,9-12H2,1-4H3,(H2,21,23)/t13-,15+,20-/m0/s1. The van der Waals surface area contributed by atoms with Gasteiger partial charge in [-0.15, -0.1) is 0 Å². The lowest BCUT2D eigenvalue weighted by Crippen LogP contribution is -2.37. The molecule has 2 aliphatic rings. The van der Waals surface area contributed by atoms with Crippen molar-refractivity contribution >= 4 is 21.9 Å². The van der Waals surface area contributed by atoms with E-state index in [1.165, 1.54) is 31.2 Å². The third-order valence-corrected chi connectivity index (χ3v) is 7.62. The van der Waals surface area contributed by atoms with E-state index < -0.39 is 28.0 Å². The van der Waals surface area contributed by atoms with Gasteiger partial charge >= 0.3 is 5.97 Å². The van der Waals surface area contributed by atoms with Crippen LogP contribution in [0.5, 0.6) is 0 Å². The van der Waals surface area contributed by atoms with Gasteiger partial charge in [0.25, 0.3) is 5.91 Å².